The summed E-state index contributed by atoms with van der Waals surface area (Å²) in [5, 5.41) is 18.0. The number of nitrogens with one attached hydrogen (secondary N) is 2. The quantitative estimate of drug-likeness (QED) is 0.581. The fourth-order valence-electron chi connectivity index (χ4n) is 2.17. The number of rotatable bonds is 7. The molecule has 0 bridgehead atoms. The van der Waals surface area contributed by atoms with Gasteiger partial charge < -0.3 is 15.4 Å². The number of halogens is 1. The number of benzene rings is 1. The summed E-state index contributed by atoms with van der Waals surface area (Å²) in [5.74, 6) is 0.237. The summed E-state index contributed by atoms with van der Waals surface area (Å²) >= 11 is 5.93. The smallest absolute Gasteiger partial charge is 0.353 e. The third kappa shape index (κ3) is 4.30. The van der Waals surface area contributed by atoms with E-state index in [0.717, 1.165) is 5.56 Å². The molecule has 0 aliphatic heterocycles. The monoisotopic (exact) mass is 351 g/mol. The lowest BCUT2D eigenvalue weighted by atomic mass is 10.2. The van der Waals surface area contributed by atoms with Crippen LogP contribution in [0.1, 0.15) is 12.5 Å². The van der Waals surface area contributed by atoms with E-state index in [4.69, 9.17) is 16.3 Å². The largest absolute Gasteiger partial charge is 0.383 e. The van der Waals surface area contributed by atoms with Crippen molar-refractivity contribution in [3.05, 3.63) is 45.2 Å². The Morgan fingerprint density at radius 1 is 1.38 bits per heavy atom. The summed E-state index contributed by atoms with van der Waals surface area (Å²) in [6, 6.07) is 5.05. The zero-order valence-electron chi connectivity index (χ0n) is 13.5. The van der Waals surface area contributed by atoms with Crippen LogP contribution in [-0.2, 0) is 4.74 Å². The molecule has 2 N–H and O–H groups in total. The molecule has 0 saturated heterocycles. The summed E-state index contributed by atoms with van der Waals surface area (Å²) in [7, 11) is 1.56. The molecule has 1 aromatic carbocycles. The maximum Gasteiger partial charge on any atom is 0.353 e. The van der Waals surface area contributed by atoms with Crippen molar-refractivity contribution < 1.29 is 9.66 Å². The van der Waals surface area contributed by atoms with Gasteiger partial charge in [0.2, 0.25) is 11.6 Å². The zero-order valence-corrected chi connectivity index (χ0v) is 14.3. The molecule has 0 amide bonds. The Kier molecular flexibility index (Phi) is 5.88. The van der Waals surface area contributed by atoms with Gasteiger partial charge >= 0.3 is 5.69 Å². The maximum atomic E-state index is 11.5. The second-order valence-electron chi connectivity index (χ2n) is 5.26. The van der Waals surface area contributed by atoms with E-state index < -0.39 is 4.92 Å². The number of nitro groups is 1. The van der Waals surface area contributed by atoms with Crippen LogP contribution >= 0.6 is 11.6 Å². The van der Waals surface area contributed by atoms with Gasteiger partial charge in [0.25, 0.3) is 0 Å². The molecule has 1 heterocycles. The molecule has 0 spiro atoms. The van der Waals surface area contributed by atoms with Crippen molar-refractivity contribution in [2.45, 2.75) is 19.9 Å². The van der Waals surface area contributed by atoms with E-state index in [1.54, 1.807) is 25.3 Å². The molecule has 128 valence electrons. The second kappa shape index (κ2) is 7.89. The van der Waals surface area contributed by atoms with Crippen LogP contribution in [0.25, 0.3) is 0 Å². The normalized spacial score (nSPS) is 11.8. The van der Waals surface area contributed by atoms with Crippen LogP contribution in [0, 0.1) is 17.0 Å². The summed E-state index contributed by atoms with van der Waals surface area (Å²) in [6.07, 6.45) is 1.27. The molecule has 9 heteroatoms. The molecule has 1 aromatic heterocycles. The highest BCUT2D eigenvalue weighted by Gasteiger charge is 2.24. The molecule has 1 unspecified atom stereocenters. The van der Waals surface area contributed by atoms with E-state index in [2.05, 4.69) is 20.6 Å². The van der Waals surface area contributed by atoms with Gasteiger partial charge in [-0.05, 0) is 37.6 Å². The topological polar surface area (TPSA) is 102 Å². The predicted octanol–water partition coefficient (Wildman–Crippen LogP) is 3.54. The number of hydrogen-bond donors (Lipinski definition) is 2. The highest BCUT2D eigenvalue weighted by Crippen LogP contribution is 2.32. The minimum atomic E-state index is -0.518. The van der Waals surface area contributed by atoms with Crippen molar-refractivity contribution in [1.82, 2.24) is 9.97 Å². The lowest BCUT2D eigenvalue weighted by molar-refractivity contribution is -0.383. The number of nitrogens with zero attached hydrogens (tertiary/aromatic N) is 3. The van der Waals surface area contributed by atoms with E-state index in [1.807, 2.05) is 13.8 Å². The first-order valence-electron chi connectivity index (χ1n) is 7.20. The zero-order chi connectivity index (χ0) is 17.7. The first-order valence-corrected chi connectivity index (χ1v) is 7.58. The van der Waals surface area contributed by atoms with Crippen LogP contribution < -0.4 is 10.6 Å². The molecular formula is C15H18ClN5O3. The summed E-state index contributed by atoms with van der Waals surface area (Å²) in [5.41, 5.74) is 1.30. The van der Waals surface area contributed by atoms with Crippen molar-refractivity contribution in [1.29, 1.82) is 0 Å². The Labute approximate surface area is 144 Å². The number of hydrogen-bond acceptors (Lipinski definition) is 7. The van der Waals surface area contributed by atoms with Crippen molar-refractivity contribution in [2.75, 3.05) is 24.4 Å². The molecular weight excluding hydrogens is 334 g/mol. The van der Waals surface area contributed by atoms with Crippen LogP contribution in [0.3, 0.4) is 0 Å². The molecule has 0 radical (unpaired) electrons. The Bertz CT molecular complexity index is 741. The van der Waals surface area contributed by atoms with E-state index in [1.165, 1.54) is 6.33 Å². The van der Waals surface area contributed by atoms with Crippen LogP contribution in [0.15, 0.2) is 24.5 Å². The van der Waals surface area contributed by atoms with E-state index in [-0.39, 0.29) is 23.4 Å². The van der Waals surface area contributed by atoms with Crippen LogP contribution in [0.5, 0.6) is 0 Å². The Morgan fingerprint density at radius 3 is 2.71 bits per heavy atom. The first-order chi connectivity index (χ1) is 11.4. The van der Waals surface area contributed by atoms with E-state index in [9.17, 15) is 10.1 Å². The van der Waals surface area contributed by atoms with Gasteiger partial charge in [0, 0.05) is 23.9 Å². The van der Waals surface area contributed by atoms with Gasteiger partial charge in [-0.25, -0.2) is 9.97 Å². The van der Waals surface area contributed by atoms with Gasteiger partial charge in [-0.3, -0.25) is 10.1 Å². The third-order valence-electron chi connectivity index (χ3n) is 3.25. The molecule has 0 aliphatic carbocycles. The van der Waals surface area contributed by atoms with Gasteiger partial charge in [-0.15, -0.1) is 0 Å². The van der Waals surface area contributed by atoms with Gasteiger partial charge in [-0.2, -0.15) is 0 Å². The van der Waals surface area contributed by atoms with Gasteiger partial charge in [0.1, 0.15) is 6.33 Å². The highest BCUT2D eigenvalue weighted by molar-refractivity contribution is 6.30. The van der Waals surface area contributed by atoms with Gasteiger partial charge in [-0.1, -0.05) is 11.6 Å². The number of aryl methyl sites for hydroxylation is 1. The molecule has 2 rings (SSSR count). The summed E-state index contributed by atoms with van der Waals surface area (Å²) < 4.78 is 5.03. The lowest BCUT2D eigenvalue weighted by Crippen LogP contribution is -2.22. The van der Waals surface area contributed by atoms with Crippen LogP contribution in [0.4, 0.5) is 23.0 Å². The fourth-order valence-corrected chi connectivity index (χ4v) is 2.40. The number of methoxy groups -OCH3 is 1. The number of aromatic nitrogens is 2. The van der Waals surface area contributed by atoms with E-state index in [0.29, 0.717) is 17.3 Å². The predicted molar refractivity (Wildman–Crippen MR) is 93.1 cm³/mol. The van der Waals surface area contributed by atoms with E-state index >= 15 is 0 Å². The summed E-state index contributed by atoms with van der Waals surface area (Å²) in [4.78, 5) is 19.0. The minimum Gasteiger partial charge on any atom is -0.383 e. The molecule has 2 aromatic rings. The van der Waals surface area contributed by atoms with Crippen LogP contribution in [0.2, 0.25) is 5.02 Å². The SMILES string of the molecule is COCC(C)Nc1ncnc(Nc2ccc(Cl)cc2C)c1[N+](=O)[O-]. The molecule has 0 saturated carbocycles. The average Bonchev–Trinajstić information content (AvgIpc) is 2.50. The van der Waals surface area contributed by atoms with Gasteiger partial charge in [0.05, 0.1) is 11.5 Å². The highest BCUT2D eigenvalue weighted by atomic mass is 35.5. The standard InChI is InChI=1S/C15H18ClN5O3/c1-9-6-11(16)4-5-12(9)20-15-13(21(22)23)14(17-8-18-15)19-10(2)7-24-3/h4-6,8,10H,7H2,1-3H3,(H2,17,18,19,20). The molecule has 0 aliphatic rings. The Hall–Kier alpha value is -2.45. The Balaban J connectivity index is 2.37. The average molecular weight is 352 g/mol. The summed E-state index contributed by atoms with van der Waals surface area (Å²) in [6.45, 7) is 4.08. The number of ether oxygens (including phenoxy) is 1. The molecule has 1 atom stereocenters. The molecule has 24 heavy (non-hydrogen) atoms. The minimum absolute atomic E-state index is 0.104. The third-order valence-corrected chi connectivity index (χ3v) is 3.48. The van der Waals surface area contributed by atoms with Gasteiger partial charge in [0.15, 0.2) is 0 Å². The van der Waals surface area contributed by atoms with Crippen molar-refractivity contribution in [3.63, 3.8) is 0 Å². The van der Waals surface area contributed by atoms with Crippen molar-refractivity contribution in [2.24, 2.45) is 0 Å². The fraction of sp³-hybridized carbons (Fsp3) is 0.333. The first kappa shape index (κ1) is 17.9. The van der Waals surface area contributed by atoms with Crippen molar-refractivity contribution >= 4 is 34.6 Å². The molecule has 0 fully saturated rings. The second-order valence-corrected chi connectivity index (χ2v) is 5.70. The van der Waals surface area contributed by atoms with Crippen LogP contribution in [-0.4, -0.2) is 34.6 Å². The maximum absolute atomic E-state index is 11.5. The molecule has 8 nitrogen and oxygen atoms in total. The van der Waals surface area contributed by atoms with Crippen molar-refractivity contribution in [3.8, 4) is 0 Å². The lowest BCUT2D eigenvalue weighted by Gasteiger charge is -2.15. The number of anilines is 3. The Morgan fingerprint density at radius 2 is 2.08 bits per heavy atom.